The topological polar surface area (TPSA) is 26.3 Å². The lowest BCUT2D eigenvalue weighted by Crippen LogP contribution is -2.16. The number of carbonyl (C=O) groups is 1. The van der Waals surface area contributed by atoms with Gasteiger partial charge in [-0.2, -0.15) is 0 Å². The first-order chi connectivity index (χ1) is 8.90. The molecule has 0 amide bonds. The summed E-state index contributed by atoms with van der Waals surface area (Å²) >= 11 is 0. The lowest BCUT2D eigenvalue weighted by Gasteiger charge is -2.03. The van der Waals surface area contributed by atoms with Crippen LogP contribution in [0.5, 0.6) is 0 Å². The Bertz CT molecular complexity index is 510. The van der Waals surface area contributed by atoms with Crippen molar-refractivity contribution in [1.29, 1.82) is 0 Å². The first-order valence-corrected chi connectivity index (χ1v) is 9.89. The van der Waals surface area contributed by atoms with Crippen LogP contribution in [0.2, 0.25) is 19.6 Å². The first-order valence-electron chi connectivity index (χ1n) is 6.39. The summed E-state index contributed by atoms with van der Waals surface area (Å²) in [4.78, 5) is 11.2. The van der Waals surface area contributed by atoms with Gasteiger partial charge < -0.3 is 4.74 Å². The Morgan fingerprint density at radius 1 is 1.26 bits per heavy atom. The van der Waals surface area contributed by atoms with Gasteiger partial charge in [0.1, 0.15) is 8.07 Å². The van der Waals surface area contributed by atoms with Crippen LogP contribution in [0.3, 0.4) is 0 Å². The van der Waals surface area contributed by atoms with Gasteiger partial charge in [-0.1, -0.05) is 37.7 Å². The Labute approximate surface area is 116 Å². The van der Waals surface area contributed by atoms with Gasteiger partial charge >= 0.3 is 5.97 Å². The molecule has 0 saturated heterocycles. The Kier molecular flexibility index (Phi) is 5.59. The molecule has 0 aliphatic heterocycles. The highest BCUT2D eigenvalue weighted by molar-refractivity contribution is 6.83. The number of hydrogen-bond donors (Lipinski definition) is 0. The van der Waals surface area contributed by atoms with Gasteiger partial charge in [-0.3, -0.25) is 0 Å². The highest BCUT2D eigenvalue weighted by Gasteiger charge is 2.07. The minimum absolute atomic E-state index is 0.315. The van der Waals surface area contributed by atoms with Crippen LogP contribution in [-0.2, 0) is 9.53 Å². The molecule has 0 aliphatic rings. The van der Waals surface area contributed by atoms with Gasteiger partial charge in [-0.15, -0.1) is 5.54 Å². The molecule has 0 aliphatic carbocycles. The molecule has 0 aromatic heterocycles. The summed E-state index contributed by atoms with van der Waals surface area (Å²) in [5.74, 6) is 2.88. The second-order valence-electron chi connectivity index (χ2n) is 5.21. The second-order valence-corrected chi connectivity index (χ2v) is 9.96. The first kappa shape index (κ1) is 15.3. The van der Waals surface area contributed by atoms with Crippen LogP contribution in [-0.4, -0.2) is 20.7 Å². The molecule has 0 atom stereocenters. The molecule has 3 heteroatoms. The highest BCUT2D eigenvalue weighted by Crippen LogP contribution is 2.06. The summed E-state index contributed by atoms with van der Waals surface area (Å²) in [6.07, 6.45) is 3.18. The zero-order chi connectivity index (χ0) is 14.3. The molecule has 0 N–H and O–H groups in total. The monoisotopic (exact) mass is 272 g/mol. The number of esters is 1. The van der Waals surface area contributed by atoms with Crippen molar-refractivity contribution in [3.05, 3.63) is 41.5 Å². The summed E-state index contributed by atoms with van der Waals surface area (Å²) < 4.78 is 4.82. The van der Waals surface area contributed by atoms with Crippen LogP contribution >= 0.6 is 0 Å². The largest absolute Gasteiger partial charge is 0.463 e. The predicted octanol–water partition coefficient (Wildman–Crippen LogP) is 3.49. The van der Waals surface area contributed by atoms with E-state index in [-0.39, 0.29) is 5.97 Å². The Balaban J connectivity index is 2.71. The van der Waals surface area contributed by atoms with Crippen LogP contribution in [0.25, 0.3) is 6.08 Å². The van der Waals surface area contributed by atoms with E-state index in [1.165, 1.54) is 6.08 Å². The average Bonchev–Trinajstić information content (AvgIpc) is 2.34. The molecule has 1 rings (SSSR count). The standard InChI is InChI=1S/C16H20O2Si/c1-5-18-16(17)11-10-14-6-8-15(9-7-14)12-13-19(2,3)4/h6-11H,5H2,1-4H3/b11-10+. The van der Waals surface area contributed by atoms with Crippen molar-refractivity contribution in [1.82, 2.24) is 0 Å². The van der Waals surface area contributed by atoms with Crippen molar-refractivity contribution in [3.63, 3.8) is 0 Å². The van der Waals surface area contributed by atoms with E-state index in [1.807, 2.05) is 24.3 Å². The Morgan fingerprint density at radius 3 is 2.42 bits per heavy atom. The Hall–Kier alpha value is -1.79. The van der Waals surface area contributed by atoms with E-state index in [0.717, 1.165) is 11.1 Å². The van der Waals surface area contributed by atoms with Crippen molar-refractivity contribution in [3.8, 4) is 11.5 Å². The van der Waals surface area contributed by atoms with Crippen molar-refractivity contribution in [2.24, 2.45) is 0 Å². The number of benzene rings is 1. The molecule has 0 radical (unpaired) electrons. The minimum atomic E-state index is -1.33. The molecule has 2 nitrogen and oxygen atoms in total. The van der Waals surface area contributed by atoms with E-state index in [4.69, 9.17) is 4.74 Å². The van der Waals surface area contributed by atoms with E-state index >= 15 is 0 Å². The number of rotatable bonds is 3. The van der Waals surface area contributed by atoms with E-state index in [0.29, 0.717) is 6.61 Å². The summed E-state index contributed by atoms with van der Waals surface area (Å²) in [6.45, 7) is 8.84. The minimum Gasteiger partial charge on any atom is -0.463 e. The molecule has 0 heterocycles. The summed E-state index contributed by atoms with van der Waals surface area (Å²) in [5.41, 5.74) is 5.30. The molecule has 100 valence electrons. The second kappa shape index (κ2) is 6.96. The molecular weight excluding hydrogens is 252 g/mol. The normalized spacial score (nSPS) is 10.9. The van der Waals surface area contributed by atoms with Crippen LogP contribution in [0.15, 0.2) is 30.3 Å². The third kappa shape index (κ3) is 6.63. The van der Waals surface area contributed by atoms with Crippen molar-refractivity contribution in [2.45, 2.75) is 26.6 Å². The van der Waals surface area contributed by atoms with Crippen LogP contribution in [0.4, 0.5) is 0 Å². The van der Waals surface area contributed by atoms with Crippen LogP contribution < -0.4 is 0 Å². The van der Waals surface area contributed by atoms with E-state index < -0.39 is 8.07 Å². The predicted molar refractivity (Wildman–Crippen MR) is 82.3 cm³/mol. The molecule has 19 heavy (non-hydrogen) atoms. The molecule has 0 spiro atoms. The number of hydrogen-bond acceptors (Lipinski definition) is 2. The van der Waals surface area contributed by atoms with Gasteiger partial charge in [-0.05, 0) is 30.7 Å². The maximum atomic E-state index is 11.2. The van der Waals surface area contributed by atoms with Crippen molar-refractivity contribution >= 4 is 20.1 Å². The summed E-state index contributed by atoms with van der Waals surface area (Å²) in [7, 11) is -1.33. The Morgan fingerprint density at radius 2 is 1.89 bits per heavy atom. The van der Waals surface area contributed by atoms with Gasteiger partial charge in [0.15, 0.2) is 0 Å². The fourth-order valence-corrected chi connectivity index (χ4v) is 1.81. The fourth-order valence-electron chi connectivity index (χ4n) is 1.29. The highest BCUT2D eigenvalue weighted by atomic mass is 28.3. The van der Waals surface area contributed by atoms with E-state index in [2.05, 4.69) is 31.1 Å². The summed E-state index contributed by atoms with van der Waals surface area (Å²) in [6, 6.07) is 7.84. The van der Waals surface area contributed by atoms with E-state index in [9.17, 15) is 4.79 Å². The molecule has 1 aromatic rings. The maximum Gasteiger partial charge on any atom is 0.330 e. The molecule has 0 fully saturated rings. The number of ether oxygens (including phenoxy) is 1. The van der Waals surface area contributed by atoms with Gasteiger partial charge in [0.25, 0.3) is 0 Å². The smallest absolute Gasteiger partial charge is 0.330 e. The van der Waals surface area contributed by atoms with Gasteiger partial charge in [0.05, 0.1) is 6.61 Å². The van der Waals surface area contributed by atoms with Gasteiger partial charge in [-0.25, -0.2) is 4.79 Å². The third-order valence-corrected chi connectivity index (χ3v) is 3.07. The lowest BCUT2D eigenvalue weighted by molar-refractivity contribution is -0.137. The lowest BCUT2D eigenvalue weighted by atomic mass is 10.1. The zero-order valence-corrected chi connectivity index (χ0v) is 13.0. The molecular formula is C16H20O2Si. The molecule has 0 bridgehead atoms. The van der Waals surface area contributed by atoms with Crippen molar-refractivity contribution in [2.75, 3.05) is 6.61 Å². The summed E-state index contributed by atoms with van der Waals surface area (Å²) in [5, 5.41) is 0. The third-order valence-electron chi connectivity index (χ3n) is 2.19. The van der Waals surface area contributed by atoms with Crippen LogP contribution in [0.1, 0.15) is 18.1 Å². The van der Waals surface area contributed by atoms with Crippen LogP contribution in [0, 0.1) is 11.5 Å². The number of carbonyl (C=O) groups excluding carboxylic acids is 1. The van der Waals surface area contributed by atoms with Crippen molar-refractivity contribution < 1.29 is 9.53 Å². The SMILES string of the molecule is CCOC(=O)/C=C/c1ccc(C#C[Si](C)(C)C)cc1. The zero-order valence-electron chi connectivity index (χ0n) is 12.0. The fraction of sp³-hybridized carbons (Fsp3) is 0.312. The quantitative estimate of drug-likeness (QED) is 0.364. The average molecular weight is 272 g/mol. The molecule has 0 unspecified atom stereocenters. The van der Waals surface area contributed by atoms with E-state index in [1.54, 1.807) is 13.0 Å². The van der Waals surface area contributed by atoms with Gasteiger partial charge in [0, 0.05) is 11.6 Å². The molecule has 0 saturated carbocycles. The molecule has 1 aromatic carbocycles. The van der Waals surface area contributed by atoms with Gasteiger partial charge in [0.2, 0.25) is 0 Å². The maximum absolute atomic E-state index is 11.2.